The van der Waals surface area contributed by atoms with Crippen molar-refractivity contribution in [2.75, 3.05) is 27.2 Å². The fourth-order valence-corrected chi connectivity index (χ4v) is 6.31. The zero-order valence-electron chi connectivity index (χ0n) is 25.2. The third-order valence-corrected chi connectivity index (χ3v) is 9.15. The topological polar surface area (TPSA) is 129 Å². The molecular weight excluding hydrogens is 622 g/mol. The molecule has 1 aliphatic rings. The molecule has 0 saturated carbocycles. The highest BCUT2D eigenvalue weighted by atomic mass is 32.2. The number of sulfonamides is 1. The molecule has 0 radical (unpaired) electrons. The molecule has 1 amide bonds. The quantitative estimate of drug-likeness (QED) is 0.291. The van der Waals surface area contributed by atoms with Crippen molar-refractivity contribution >= 4 is 21.9 Å². The van der Waals surface area contributed by atoms with Crippen LogP contribution in [0.15, 0.2) is 52.0 Å². The first kappa shape index (κ1) is 35.5. The van der Waals surface area contributed by atoms with Gasteiger partial charge in [0.1, 0.15) is 23.6 Å². The second kappa shape index (κ2) is 14.9. The molecule has 2 aromatic carbocycles. The summed E-state index contributed by atoms with van der Waals surface area (Å²) in [4.78, 5) is 24.0. The molecule has 15 heteroatoms. The van der Waals surface area contributed by atoms with Crippen molar-refractivity contribution in [2.45, 2.75) is 57.4 Å². The van der Waals surface area contributed by atoms with E-state index in [1.54, 1.807) is 32.0 Å². The molecule has 3 aromatic rings. The van der Waals surface area contributed by atoms with Crippen molar-refractivity contribution in [1.82, 2.24) is 14.5 Å². The molecule has 0 spiro atoms. The van der Waals surface area contributed by atoms with E-state index in [0.717, 1.165) is 25.9 Å². The van der Waals surface area contributed by atoms with E-state index in [1.807, 2.05) is 6.07 Å². The van der Waals surface area contributed by atoms with Crippen LogP contribution in [0.3, 0.4) is 0 Å². The Labute approximate surface area is 258 Å². The van der Waals surface area contributed by atoms with Crippen LogP contribution in [-0.4, -0.2) is 68.0 Å². The fraction of sp³-hybridized carbons (Fsp3) is 0.400. The number of alkyl halides is 3. The summed E-state index contributed by atoms with van der Waals surface area (Å²) in [6.45, 7) is 6.13. The average molecular weight is 658 g/mol. The van der Waals surface area contributed by atoms with E-state index < -0.39 is 28.1 Å². The first-order valence-electron chi connectivity index (χ1n) is 13.8. The van der Waals surface area contributed by atoms with Crippen molar-refractivity contribution < 1.29 is 49.8 Å². The van der Waals surface area contributed by atoms with E-state index in [4.69, 9.17) is 19.1 Å². The number of nitrogens with one attached hydrogen (secondary N) is 1. The number of furan rings is 1. The summed E-state index contributed by atoms with van der Waals surface area (Å²) >= 11 is 0. The standard InChI is InChI=1S/C28H34FN3O5S.C2HF3O2/c1-19-11-24(36-4)12-20(2)27(19)38(34,35)31(3)17-25-14-23(18-37-25)28(33)30-15-21-7-8-22(26(29)13-21)16-32-9-5-6-10-32;3-2(4,5)1(6)7/h7-8,11-14,18H,5-6,9-10,15-17H2,1-4H3,(H,30,33);(H,6,7). The number of hydrogen-bond acceptors (Lipinski definition) is 7. The maximum Gasteiger partial charge on any atom is 0.490 e. The largest absolute Gasteiger partial charge is 0.497 e. The van der Waals surface area contributed by atoms with Gasteiger partial charge in [-0.05, 0) is 80.7 Å². The van der Waals surface area contributed by atoms with Gasteiger partial charge >= 0.3 is 12.1 Å². The van der Waals surface area contributed by atoms with E-state index in [0.29, 0.717) is 40.3 Å². The zero-order chi connectivity index (χ0) is 33.5. The van der Waals surface area contributed by atoms with E-state index in [2.05, 4.69) is 10.2 Å². The number of methoxy groups -OCH3 is 1. The predicted octanol–water partition coefficient (Wildman–Crippen LogP) is 5.02. The molecule has 1 aliphatic heterocycles. The van der Waals surface area contributed by atoms with Crippen LogP contribution in [0.2, 0.25) is 0 Å². The zero-order valence-corrected chi connectivity index (χ0v) is 26.0. The van der Waals surface area contributed by atoms with Gasteiger partial charge in [0.25, 0.3) is 5.91 Å². The maximum absolute atomic E-state index is 14.6. The lowest BCUT2D eigenvalue weighted by atomic mass is 10.1. The highest BCUT2D eigenvalue weighted by Crippen LogP contribution is 2.28. The molecule has 0 atom stereocenters. The lowest BCUT2D eigenvalue weighted by Crippen LogP contribution is -2.27. The summed E-state index contributed by atoms with van der Waals surface area (Å²) in [5.41, 5.74) is 2.72. The van der Waals surface area contributed by atoms with Crippen LogP contribution >= 0.6 is 0 Å². The minimum Gasteiger partial charge on any atom is -0.497 e. The molecule has 10 nitrogen and oxygen atoms in total. The molecule has 2 N–H and O–H groups in total. The average Bonchev–Trinajstić information content (AvgIpc) is 3.65. The van der Waals surface area contributed by atoms with Gasteiger partial charge in [-0.15, -0.1) is 0 Å². The van der Waals surface area contributed by atoms with Gasteiger partial charge in [0, 0.05) is 25.7 Å². The lowest BCUT2D eigenvalue weighted by molar-refractivity contribution is -0.192. The molecular formula is C30H35F4N3O7S. The molecule has 45 heavy (non-hydrogen) atoms. The van der Waals surface area contributed by atoms with Gasteiger partial charge in [0.2, 0.25) is 10.0 Å². The van der Waals surface area contributed by atoms with Gasteiger partial charge in [-0.1, -0.05) is 12.1 Å². The number of likely N-dealkylation sites (tertiary alicyclic amines) is 1. The number of carbonyl (C=O) groups is 2. The number of carbonyl (C=O) groups excluding carboxylic acids is 1. The Bertz CT molecular complexity index is 1590. The molecule has 0 aliphatic carbocycles. The summed E-state index contributed by atoms with van der Waals surface area (Å²) in [7, 11) is -0.825. The predicted molar refractivity (Wildman–Crippen MR) is 156 cm³/mol. The van der Waals surface area contributed by atoms with Crippen molar-refractivity contribution in [1.29, 1.82) is 0 Å². The van der Waals surface area contributed by atoms with Crippen LogP contribution in [0.25, 0.3) is 0 Å². The van der Waals surface area contributed by atoms with Gasteiger partial charge in [0.05, 0.1) is 24.1 Å². The molecule has 0 bridgehead atoms. The highest BCUT2D eigenvalue weighted by Gasteiger charge is 2.38. The van der Waals surface area contributed by atoms with Crippen LogP contribution in [0, 0.1) is 19.7 Å². The number of amides is 1. The molecule has 1 aromatic heterocycles. The van der Waals surface area contributed by atoms with Crippen LogP contribution in [-0.2, 0) is 34.5 Å². The monoisotopic (exact) mass is 657 g/mol. The fourth-order valence-electron chi connectivity index (χ4n) is 4.77. The Morgan fingerprint density at radius 2 is 1.69 bits per heavy atom. The number of aliphatic carboxylic acids is 1. The number of hydrogen-bond donors (Lipinski definition) is 2. The minimum absolute atomic E-state index is 0.0514. The molecule has 246 valence electrons. The number of rotatable bonds is 10. The second-order valence-electron chi connectivity index (χ2n) is 10.5. The van der Waals surface area contributed by atoms with Gasteiger partial charge in [0.15, 0.2) is 0 Å². The maximum atomic E-state index is 14.6. The first-order chi connectivity index (χ1) is 21.0. The number of halogens is 4. The number of benzene rings is 2. The normalized spacial score (nSPS) is 13.8. The third kappa shape index (κ3) is 9.52. The Morgan fingerprint density at radius 3 is 2.22 bits per heavy atom. The molecule has 2 heterocycles. The number of carboxylic acid groups (broad SMARTS) is 1. The van der Waals surface area contributed by atoms with Crippen molar-refractivity contribution in [2.24, 2.45) is 0 Å². The van der Waals surface area contributed by atoms with E-state index >= 15 is 0 Å². The van der Waals surface area contributed by atoms with Gasteiger partial charge in [-0.25, -0.2) is 17.6 Å². The smallest absolute Gasteiger partial charge is 0.490 e. The Kier molecular flexibility index (Phi) is 11.8. The molecule has 0 unspecified atom stereocenters. The van der Waals surface area contributed by atoms with Crippen molar-refractivity contribution in [3.05, 3.63) is 82.1 Å². The summed E-state index contributed by atoms with van der Waals surface area (Å²) in [6, 6.07) is 9.91. The summed E-state index contributed by atoms with van der Waals surface area (Å²) in [5, 5.41) is 9.89. The lowest BCUT2D eigenvalue weighted by Gasteiger charge is -2.19. The Balaban J connectivity index is 0.000000707. The number of ether oxygens (including phenoxy) is 1. The molecule has 1 saturated heterocycles. The number of carboxylic acids is 1. The minimum atomic E-state index is -5.08. The summed E-state index contributed by atoms with van der Waals surface area (Å²) in [5.74, 6) is -2.52. The Morgan fingerprint density at radius 1 is 1.09 bits per heavy atom. The second-order valence-corrected chi connectivity index (χ2v) is 12.5. The van der Waals surface area contributed by atoms with E-state index in [9.17, 15) is 30.8 Å². The van der Waals surface area contributed by atoms with Crippen molar-refractivity contribution in [3.63, 3.8) is 0 Å². The van der Waals surface area contributed by atoms with Crippen molar-refractivity contribution in [3.8, 4) is 5.75 Å². The van der Waals surface area contributed by atoms with Crippen LogP contribution in [0.1, 0.15) is 51.2 Å². The van der Waals surface area contributed by atoms with Gasteiger partial charge in [-0.2, -0.15) is 17.5 Å². The number of nitrogens with zero attached hydrogens (tertiary/aromatic N) is 2. The van der Waals surface area contributed by atoms with Crippen LogP contribution in [0.4, 0.5) is 17.6 Å². The van der Waals surface area contributed by atoms with E-state index in [-0.39, 0.29) is 29.4 Å². The van der Waals surface area contributed by atoms with Gasteiger partial charge in [-0.3, -0.25) is 9.69 Å². The summed E-state index contributed by atoms with van der Waals surface area (Å²) < 4.78 is 84.7. The molecule has 4 rings (SSSR count). The van der Waals surface area contributed by atoms with Crippen LogP contribution in [0.5, 0.6) is 5.75 Å². The highest BCUT2D eigenvalue weighted by molar-refractivity contribution is 7.89. The molecule has 1 fully saturated rings. The van der Waals surface area contributed by atoms with Crippen LogP contribution < -0.4 is 10.1 Å². The Hall–Kier alpha value is -3.95. The first-order valence-corrected chi connectivity index (χ1v) is 15.2. The third-order valence-electron chi connectivity index (χ3n) is 7.04. The number of aryl methyl sites for hydroxylation is 2. The van der Waals surface area contributed by atoms with Gasteiger partial charge < -0.3 is 19.6 Å². The van der Waals surface area contributed by atoms with E-state index in [1.165, 1.54) is 36.9 Å². The SMILES string of the molecule is COc1cc(C)c(S(=O)(=O)N(C)Cc2cc(C(=O)NCc3ccc(CN4CCCC4)c(F)c3)co2)c(C)c1.O=C(O)C(F)(F)F. The summed E-state index contributed by atoms with van der Waals surface area (Å²) in [6.07, 6.45) is -1.50.